The fraction of sp³-hybridized carbons (Fsp3) is 0.481. The van der Waals surface area contributed by atoms with E-state index in [1.54, 1.807) is 11.8 Å². The van der Waals surface area contributed by atoms with Crippen LogP contribution in [0.3, 0.4) is 0 Å². The van der Waals surface area contributed by atoms with E-state index in [0.717, 1.165) is 46.7 Å². The minimum atomic E-state index is -0.0424. The second kappa shape index (κ2) is 11.7. The maximum atomic E-state index is 13.2. The molecule has 0 aliphatic carbocycles. The van der Waals surface area contributed by atoms with E-state index in [1.807, 2.05) is 53.6 Å². The summed E-state index contributed by atoms with van der Waals surface area (Å²) in [6.07, 6.45) is 5.03. The Morgan fingerprint density at radius 3 is 2.57 bits per heavy atom. The van der Waals surface area contributed by atoms with Crippen LogP contribution in [-0.2, 0) is 17.8 Å². The molecule has 1 fully saturated rings. The zero-order valence-electron chi connectivity index (χ0n) is 20.9. The number of piperidine rings is 1. The van der Waals surface area contributed by atoms with Crippen molar-refractivity contribution < 1.29 is 9.59 Å². The molecule has 0 bridgehead atoms. The van der Waals surface area contributed by atoms with E-state index >= 15 is 0 Å². The van der Waals surface area contributed by atoms with Gasteiger partial charge in [-0.05, 0) is 48.3 Å². The Hall–Kier alpha value is -2.87. The van der Waals surface area contributed by atoms with Crippen LogP contribution >= 0.6 is 11.8 Å². The number of aromatic nitrogens is 3. The molecule has 1 saturated heterocycles. The van der Waals surface area contributed by atoms with Gasteiger partial charge in [0.15, 0.2) is 5.16 Å². The molecule has 3 aromatic rings. The van der Waals surface area contributed by atoms with Gasteiger partial charge in [0.25, 0.3) is 5.91 Å². The summed E-state index contributed by atoms with van der Waals surface area (Å²) >= 11 is 1.61. The standard InChI is InChI=1S/C27H35N5O2S/c1-19(2)18-32-24(29-30-27(32)35-3)12-7-15-28-25(33)21-13-16-31(17-14-21)26(34)23-11-6-9-20-8-4-5-10-22(20)23/h4-6,8-11,19,21H,7,12-18H2,1-3H3,(H,28,33). The zero-order chi connectivity index (χ0) is 24.8. The first-order valence-corrected chi connectivity index (χ1v) is 13.7. The summed E-state index contributed by atoms with van der Waals surface area (Å²) in [5.74, 6) is 1.61. The van der Waals surface area contributed by atoms with Crippen molar-refractivity contribution in [3.05, 3.63) is 53.9 Å². The average Bonchev–Trinajstić information content (AvgIpc) is 3.26. The molecule has 35 heavy (non-hydrogen) atoms. The number of carbonyl (C=O) groups is 2. The number of thioether (sulfide) groups is 1. The number of nitrogens with zero attached hydrogens (tertiary/aromatic N) is 4. The third kappa shape index (κ3) is 6.04. The van der Waals surface area contributed by atoms with Gasteiger partial charge in [0.05, 0.1) is 0 Å². The summed E-state index contributed by atoms with van der Waals surface area (Å²) in [5.41, 5.74) is 0.737. The van der Waals surface area contributed by atoms with Gasteiger partial charge < -0.3 is 14.8 Å². The van der Waals surface area contributed by atoms with Crippen LogP contribution in [0, 0.1) is 11.8 Å². The highest BCUT2D eigenvalue weighted by Gasteiger charge is 2.28. The molecule has 1 aliphatic heterocycles. The van der Waals surface area contributed by atoms with Crippen molar-refractivity contribution in [1.82, 2.24) is 25.0 Å². The van der Waals surface area contributed by atoms with Crippen molar-refractivity contribution in [2.45, 2.75) is 51.2 Å². The number of aryl methyl sites for hydroxylation is 1. The Morgan fingerprint density at radius 1 is 1.09 bits per heavy atom. The van der Waals surface area contributed by atoms with E-state index in [4.69, 9.17) is 0 Å². The first kappa shape index (κ1) is 25.2. The van der Waals surface area contributed by atoms with Crippen LogP contribution in [0.5, 0.6) is 0 Å². The Balaban J connectivity index is 1.24. The quantitative estimate of drug-likeness (QED) is 0.353. The minimum Gasteiger partial charge on any atom is -0.356 e. The molecule has 1 aromatic heterocycles. The Bertz CT molecular complexity index is 1160. The Kier molecular flexibility index (Phi) is 8.44. The highest BCUT2D eigenvalue weighted by atomic mass is 32.2. The third-order valence-electron chi connectivity index (χ3n) is 6.57. The molecule has 0 radical (unpaired) electrons. The van der Waals surface area contributed by atoms with Crippen LogP contribution in [-0.4, -0.2) is 57.4 Å². The maximum absolute atomic E-state index is 13.2. The lowest BCUT2D eigenvalue weighted by Crippen LogP contribution is -2.43. The highest BCUT2D eigenvalue weighted by Crippen LogP contribution is 2.24. The minimum absolute atomic E-state index is 0.0424. The van der Waals surface area contributed by atoms with Gasteiger partial charge in [-0.2, -0.15) is 0 Å². The highest BCUT2D eigenvalue weighted by molar-refractivity contribution is 7.98. The number of rotatable bonds is 9. The van der Waals surface area contributed by atoms with E-state index in [2.05, 4.69) is 33.9 Å². The van der Waals surface area contributed by atoms with Crippen molar-refractivity contribution in [3.63, 3.8) is 0 Å². The summed E-state index contributed by atoms with van der Waals surface area (Å²) in [7, 11) is 0. The summed E-state index contributed by atoms with van der Waals surface area (Å²) in [4.78, 5) is 27.8. The van der Waals surface area contributed by atoms with E-state index in [-0.39, 0.29) is 17.7 Å². The van der Waals surface area contributed by atoms with Crippen LogP contribution in [0.2, 0.25) is 0 Å². The monoisotopic (exact) mass is 493 g/mol. The maximum Gasteiger partial charge on any atom is 0.254 e. The fourth-order valence-electron chi connectivity index (χ4n) is 4.73. The van der Waals surface area contributed by atoms with Gasteiger partial charge in [-0.3, -0.25) is 9.59 Å². The van der Waals surface area contributed by atoms with Crippen molar-refractivity contribution in [2.24, 2.45) is 11.8 Å². The van der Waals surface area contributed by atoms with Gasteiger partial charge in [-0.15, -0.1) is 10.2 Å². The van der Waals surface area contributed by atoms with Gasteiger partial charge in [-0.1, -0.05) is 62.0 Å². The van der Waals surface area contributed by atoms with Crippen LogP contribution in [0.1, 0.15) is 49.3 Å². The average molecular weight is 494 g/mol. The zero-order valence-corrected chi connectivity index (χ0v) is 21.7. The molecule has 0 unspecified atom stereocenters. The molecule has 1 aliphatic rings. The Morgan fingerprint density at radius 2 is 1.83 bits per heavy atom. The SMILES string of the molecule is CSc1nnc(CCCNC(=O)C2CCN(C(=O)c3cccc4ccccc34)CC2)n1CC(C)C. The molecule has 8 heteroatoms. The number of carbonyl (C=O) groups excluding carboxylic acids is 2. The van der Waals surface area contributed by atoms with Crippen LogP contribution in [0.25, 0.3) is 10.8 Å². The summed E-state index contributed by atoms with van der Waals surface area (Å²) in [6, 6.07) is 13.8. The summed E-state index contributed by atoms with van der Waals surface area (Å²) in [5, 5.41) is 14.7. The second-order valence-electron chi connectivity index (χ2n) is 9.60. The number of benzene rings is 2. The van der Waals surface area contributed by atoms with Gasteiger partial charge in [0.2, 0.25) is 5.91 Å². The molecule has 0 spiro atoms. The van der Waals surface area contributed by atoms with Gasteiger partial charge in [0, 0.05) is 44.1 Å². The summed E-state index contributed by atoms with van der Waals surface area (Å²) < 4.78 is 2.19. The predicted octanol–water partition coefficient (Wildman–Crippen LogP) is 4.41. The third-order valence-corrected chi connectivity index (χ3v) is 7.24. The number of nitrogens with one attached hydrogen (secondary N) is 1. The van der Waals surface area contributed by atoms with Crippen molar-refractivity contribution >= 4 is 34.3 Å². The largest absolute Gasteiger partial charge is 0.356 e. The molecular formula is C27H35N5O2S. The number of hydrogen-bond acceptors (Lipinski definition) is 5. The lowest BCUT2D eigenvalue weighted by Gasteiger charge is -2.31. The predicted molar refractivity (Wildman–Crippen MR) is 141 cm³/mol. The number of likely N-dealkylation sites (tertiary alicyclic amines) is 1. The number of fused-ring (bicyclic) bond motifs is 1. The first-order valence-electron chi connectivity index (χ1n) is 12.5. The van der Waals surface area contributed by atoms with Crippen LogP contribution in [0.15, 0.2) is 47.6 Å². The van der Waals surface area contributed by atoms with Crippen LogP contribution < -0.4 is 5.32 Å². The smallest absolute Gasteiger partial charge is 0.254 e. The normalized spacial score (nSPS) is 14.6. The Labute approximate surface area is 211 Å². The molecular weight excluding hydrogens is 458 g/mol. The van der Waals surface area contributed by atoms with E-state index in [0.29, 0.717) is 38.4 Å². The molecule has 4 rings (SSSR count). The molecule has 7 nitrogen and oxygen atoms in total. The fourth-order valence-corrected chi connectivity index (χ4v) is 5.26. The molecule has 2 aromatic carbocycles. The molecule has 1 N–H and O–H groups in total. The molecule has 0 atom stereocenters. The van der Waals surface area contributed by atoms with Gasteiger partial charge >= 0.3 is 0 Å². The van der Waals surface area contributed by atoms with Crippen LogP contribution in [0.4, 0.5) is 0 Å². The topological polar surface area (TPSA) is 80.1 Å². The molecule has 2 heterocycles. The molecule has 0 saturated carbocycles. The van der Waals surface area contributed by atoms with Crippen molar-refractivity contribution in [1.29, 1.82) is 0 Å². The van der Waals surface area contributed by atoms with Crippen molar-refractivity contribution in [2.75, 3.05) is 25.9 Å². The van der Waals surface area contributed by atoms with E-state index in [9.17, 15) is 9.59 Å². The molecule has 2 amide bonds. The van der Waals surface area contributed by atoms with E-state index in [1.165, 1.54) is 0 Å². The van der Waals surface area contributed by atoms with E-state index < -0.39 is 0 Å². The lowest BCUT2D eigenvalue weighted by molar-refractivity contribution is -0.126. The number of amides is 2. The van der Waals surface area contributed by atoms with Gasteiger partial charge in [0.1, 0.15) is 5.82 Å². The summed E-state index contributed by atoms with van der Waals surface area (Å²) in [6.45, 7) is 7.12. The first-order chi connectivity index (χ1) is 17.0. The van der Waals surface area contributed by atoms with Crippen molar-refractivity contribution in [3.8, 4) is 0 Å². The van der Waals surface area contributed by atoms with Gasteiger partial charge in [-0.25, -0.2) is 0 Å². The second-order valence-corrected chi connectivity index (χ2v) is 10.4. The lowest BCUT2D eigenvalue weighted by atomic mass is 9.94. The number of hydrogen-bond donors (Lipinski definition) is 1. The molecule has 186 valence electrons.